The number of unbranched alkanes of at least 4 members (excludes halogenated alkanes) is 2. The third-order valence-electron chi connectivity index (χ3n) is 9.55. The van der Waals surface area contributed by atoms with Crippen molar-refractivity contribution in [2.24, 2.45) is 5.92 Å². The molecule has 0 aromatic heterocycles. The maximum absolute atomic E-state index is 12.4. The van der Waals surface area contributed by atoms with Crippen LogP contribution in [0.2, 0.25) is 0 Å². The Morgan fingerprint density at radius 1 is 0.878 bits per heavy atom. The number of amides is 2. The third kappa shape index (κ3) is 9.82. The highest BCUT2D eigenvalue weighted by Crippen LogP contribution is 2.42. The molecule has 264 valence electrons. The summed E-state index contributed by atoms with van der Waals surface area (Å²) in [6, 6.07) is 20.2. The standard InChI is InChI=1S/C39H51N3O7/c1-26-36(24-42-19-17-32-20-34(46-3)35(47-4)21-33(32)23-42)48-39(49-38(26)30-13-11-29(25-43)12-14-30)31-15-9-28(10-16-31)22-41-37(45)8-6-5-7-18-40-27(2)44/h9-16,20-21,26,36,38-39,43H,5-8,17-19,22-25H2,1-4H3,(H,40,44)(H,41,45)/t26-,36+,38+,39+/m0/s1. The first-order valence-corrected chi connectivity index (χ1v) is 17.3. The molecule has 3 N–H and O–H groups in total. The van der Waals surface area contributed by atoms with Crippen LogP contribution in [0.1, 0.15) is 85.3 Å². The Morgan fingerprint density at radius 3 is 2.22 bits per heavy atom. The maximum atomic E-state index is 12.4. The third-order valence-corrected chi connectivity index (χ3v) is 9.55. The molecule has 0 radical (unpaired) electrons. The lowest BCUT2D eigenvalue weighted by atomic mass is 9.89. The van der Waals surface area contributed by atoms with Crippen LogP contribution < -0.4 is 20.1 Å². The predicted octanol–water partition coefficient (Wildman–Crippen LogP) is 5.36. The van der Waals surface area contributed by atoms with Gasteiger partial charge in [-0.2, -0.15) is 0 Å². The summed E-state index contributed by atoms with van der Waals surface area (Å²) in [5, 5.41) is 15.4. The smallest absolute Gasteiger partial charge is 0.220 e. The second kappa shape index (κ2) is 17.6. The van der Waals surface area contributed by atoms with Gasteiger partial charge in [-0.15, -0.1) is 0 Å². The summed E-state index contributed by atoms with van der Waals surface area (Å²) < 4.78 is 24.5. The van der Waals surface area contributed by atoms with Gasteiger partial charge in [0.2, 0.25) is 11.8 Å². The Balaban J connectivity index is 1.23. The van der Waals surface area contributed by atoms with E-state index < -0.39 is 6.29 Å². The molecule has 10 nitrogen and oxygen atoms in total. The molecule has 0 aliphatic carbocycles. The number of aliphatic hydroxyl groups is 1. The van der Waals surface area contributed by atoms with Crippen molar-refractivity contribution in [1.82, 2.24) is 15.5 Å². The molecule has 0 spiro atoms. The number of methoxy groups -OCH3 is 2. The van der Waals surface area contributed by atoms with Crippen LogP contribution in [0.5, 0.6) is 11.5 Å². The number of benzene rings is 3. The van der Waals surface area contributed by atoms with Crippen molar-refractivity contribution >= 4 is 11.8 Å². The van der Waals surface area contributed by atoms with Crippen LogP contribution in [0, 0.1) is 5.92 Å². The quantitative estimate of drug-likeness (QED) is 0.185. The first-order chi connectivity index (χ1) is 23.8. The van der Waals surface area contributed by atoms with Crippen LogP contribution >= 0.6 is 0 Å². The number of rotatable bonds is 15. The summed E-state index contributed by atoms with van der Waals surface area (Å²) in [4.78, 5) is 25.8. The first kappa shape index (κ1) is 36.3. The number of nitrogens with zero attached hydrogens (tertiary/aromatic N) is 1. The second-order valence-electron chi connectivity index (χ2n) is 13.1. The topological polar surface area (TPSA) is 119 Å². The molecule has 3 aromatic carbocycles. The highest BCUT2D eigenvalue weighted by atomic mass is 16.7. The molecule has 0 saturated carbocycles. The Labute approximate surface area is 290 Å². The van der Waals surface area contributed by atoms with Gasteiger partial charge in [-0.3, -0.25) is 14.5 Å². The molecule has 1 fully saturated rings. The summed E-state index contributed by atoms with van der Waals surface area (Å²) in [5.41, 5.74) is 6.35. The van der Waals surface area contributed by atoms with E-state index in [1.807, 2.05) is 48.5 Å². The van der Waals surface area contributed by atoms with E-state index in [9.17, 15) is 14.7 Å². The van der Waals surface area contributed by atoms with Gasteiger partial charge in [0.1, 0.15) is 0 Å². The van der Waals surface area contributed by atoms with E-state index in [1.54, 1.807) is 14.2 Å². The van der Waals surface area contributed by atoms with Crippen molar-refractivity contribution in [3.8, 4) is 11.5 Å². The average molecular weight is 674 g/mol. The summed E-state index contributed by atoms with van der Waals surface area (Å²) in [6.07, 6.45) is 3.07. The molecule has 1 saturated heterocycles. The lowest BCUT2D eigenvalue weighted by Crippen LogP contribution is -2.45. The van der Waals surface area contributed by atoms with E-state index in [4.69, 9.17) is 18.9 Å². The van der Waals surface area contributed by atoms with E-state index in [1.165, 1.54) is 18.1 Å². The zero-order valence-corrected chi connectivity index (χ0v) is 29.2. The normalized spacial score (nSPS) is 20.7. The minimum absolute atomic E-state index is 0.00441. The Bertz CT molecular complexity index is 1530. The van der Waals surface area contributed by atoms with Gasteiger partial charge in [-0.25, -0.2) is 0 Å². The molecular weight excluding hydrogens is 622 g/mol. The van der Waals surface area contributed by atoms with Gasteiger partial charge < -0.3 is 34.7 Å². The van der Waals surface area contributed by atoms with Gasteiger partial charge in [0.05, 0.1) is 33.0 Å². The molecule has 2 amide bonds. The highest BCUT2D eigenvalue weighted by Gasteiger charge is 2.39. The number of carbonyl (C=O) groups is 2. The van der Waals surface area contributed by atoms with Crippen LogP contribution in [0.25, 0.3) is 0 Å². The fourth-order valence-corrected chi connectivity index (χ4v) is 6.61. The van der Waals surface area contributed by atoms with Crippen LogP contribution in [0.15, 0.2) is 60.7 Å². The summed E-state index contributed by atoms with van der Waals surface area (Å²) >= 11 is 0. The van der Waals surface area contributed by atoms with Crippen molar-refractivity contribution in [1.29, 1.82) is 0 Å². The van der Waals surface area contributed by atoms with E-state index in [-0.39, 0.29) is 36.5 Å². The Kier molecular flexibility index (Phi) is 13.1. The van der Waals surface area contributed by atoms with Crippen molar-refractivity contribution < 1.29 is 33.6 Å². The second-order valence-corrected chi connectivity index (χ2v) is 13.1. The number of carbonyl (C=O) groups excluding carboxylic acids is 2. The summed E-state index contributed by atoms with van der Waals surface area (Å²) in [5.74, 6) is 1.56. The van der Waals surface area contributed by atoms with Crippen LogP contribution in [-0.4, -0.2) is 61.8 Å². The highest BCUT2D eigenvalue weighted by molar-refractivity contribution is 5.75. The van der Waals surface area contributed by atoms with Crippen molar-refractivity contribution in [3.05, 3.63) is 94.0 Å². The van der Waals surface area contributed by atoms with Crippen LogP contribution in [0.3, 0.4) is 0 Å². The van der Waals surface area contributed by atoms with Crippen molar-refractivity contribution in [2.45, 2.75) is 84.1 Å². The minimum Gasteiger partial charge on any atom is -0.493 e. The van der Waals surface area contributed by atoms with E-state index in [0.29, 0.717) is 19.5 Å². The molecule has 10 heteroatoms. The van der Waals surface area contributed by atoms with Gasteiger partial charge in [0, 0.05) is 57.5 Å². The molecule has 2 heterocycles. The van der Waals surface area contributed by atoms with E-state index in [0.717, 1.165) is 79.1 Å². The fraction of sp³-hybridized carbons (Fsp3) is 0.487. The molecule has 3 aromatic rings. The number of nitrogens with one attached hydrogen (secondary N) is 2. The molecule has 5 rings (SSSR count). The number of ether oxygens (including phenoxy) is 4. The lowest BCUT2D eigenvalue weighted by Gasteiger charge is -2.43. The molecule has 2 aliphatic rings. The molecule has 0 unspecified atom stereocenters. The first-order valence-electron chi connectivity index (χ1n) is 17.3. The number of hydrogen-bond donors (Lipinski definition) is 3. The molecule has 4 atom stereocenters. The Morgan fingerprint density at radius 2 is 1.55 bits per heavy atom. The van der Waals surface area contributed by atoms with Gasteiger partial charge in [-0.05, 0) is 59.2 Å². The van der Waals surface area contributed by atoms with E-state index >= 15 is 0 Å². The van der Waals surface area contributed by atoms with Crippen molar-refractivity contribution in [2.75, 3.05) is 33.9 Å². The largest absolute Gasteiger partial charge is 0.493 e. The average Bonchev–Trinajstić information content (AvgIpc) is 3.12. The monoisotopic (exact) mass is 673 g/mol. The maximum Gasteiger partial charge on any atom is 0.220 e. The van der Waals surface area contributed by atoms with Gasteiger partial charge in [0.25, 0.3) is 0 Å². The molecule has 2 aliphatic heterocycles. The molecule has 0 bridgehead atoms. The Hall–Kier alpha value is -3.96. The number of fused-ring (bicyclic) bond motifs is 1. The van der Waals surface area contributed by atoms with Crippen LogP contribution in [0.4, 0.5) is 0 Å². The number of aliphatic hydroxyl groups excluding tert-OH is 1. The SMILES string of the molecule is COc1cc2c(cc1OC)CN(C[C@H]1O[C@@H](c3ccc(CNC(=O)CCCCCNC(C)=O)cc3)O[C@@H](c3ccc(CO)cc3)[C@H]1C)CC2. The molecular formula is C39H51N3O7. The van der Waals surface area contributed by atoms with Crippen molar-refractivity contribution in [3.63, 3.8) is 0 Å². The van der Waals surface area contributed by atoms with Gasteiger partial charge in [-0.1, -0.05) is 61.9 Å². The zero-order valence-electron chi connectivity index (χ0n) is 29.2. The van der Waals surface area contributed by atoms with Gasteiger partial charge >= 0.3 is 0 Å². The van der Waals surface area contributed by atoms with Crippen LogP contribution in [-0.2, 0) is 45.2 Å². The lowest BCUT2D eigenvalue weighted by molar-refractivity contribution is -0.276. The van der Waals surface area contributed by atoms with E-state index in [2.05, 4.69) is 34.6 Å². The minimum atomic E-state index is -0.564. The number of hydrogen-bond acceptors (Lipinski definition) is 8. The van der Waals surface area contributed by atoms with Gasteiger partial charge in [0.15, 0.2) is 17.8 Å². The predicted molar refractivity (Wildman–Crippen MR) is 187 cm³/mol. The zero-order chi connectivity index (χ0) is 34.8. The fourth-order valence-electron chi connectivity index (χ4n) is 6.61. The molecule has 49 heavy (non-hydrogen) atoms. The summed E-state index contributed by atoms with van der Waals surface area (Å²) in [6.45, 7) is 7.24. The summed E-state index contributed by atoms with van der Waals surface area (Å²) in [7, 11) is 3.34.